The normalized spacial score (nSPS) is 18.7. The van der Waals surface area contributed by atoms with Crippen molar-refractivity contribution in [3.63, 3.8) is 0 Å². The van der Waals surface area contributed by atoms with E-state index in [1.54, 1.807) is 32.9 Å². The third-order valence-electron chi connectivity index (χ3n) is 5.04. The van der Waals surface area contributed by atoms with E-state index in [2.05, 4.69) is 16.8 Å². The highest BCUT2D eigenvalue weighted by atomic mass is 16.2. The van der Waals surface area contributed by atoms with Gasteiger partial charge in [0.15, 0.2) is 0 Å². The van der Waals surface area contributed by atoms with Gasteiger partial charge in [-0.3, -0.25) is 14.4 Å². The van der Waals surface area contributed by atoms with Crippen LogP contribution in [0.4, 0.5) is 0 Å². The summed E-state index contributed by atoms with van der Waals surface area (Å²) in [6.07, 6.45) is 0.803. The van der Waals surface area contributed by atoms with E-state index in [0.717, 1.165) is 26.0 Å². The molecule has 8 nitrogen and oxygen atoms in total. The number of pyridine rings is 1. The van der Waals surface area contributed by atoms with Gasteiger partial charge >= 0.3 is 0 Å². The molecule has 0 radical (unpaired) electrons. The average Bonchev–Trinajstić information content (AvgIpc) is 2.73. The van der Waals surface area contributed by atoms with Gasteiger partial charge in [-0.1, -0.05) is 13.0 Å². The summed E-state index contributed by atoms with van der Waals surface area (Å²) < 4.78 is 0. The van der Waals surface area contributed by atoms with Crippen LogP contribution in [0.1, 0.15) is 27.9 Å². The molecule has 26 heavy (non-hydrogen) atoms. The first-order valence-corrected chi connectivity index (χ1v) is 9.09. The van der Waals surface area contributed by atoms with E-state index < -0.39 is 0 Å². The molecule has 0 aliphatic carbocycles. The van der Waals surface area contributed by atoms with Crippen molar-refractivity contribution in [1.82, 2.24) is 24.6 Å². The Morgan fingerprint density at radius 1 is 0.923 bits per heavy atom. The molecular formula is C18H25N5O3. The molecule has 3 rings (SSSR count). The van der Waals surface area contributed by atoms with Gasteiger partial charge in [-0.15, -0.1) is 0 Å². The molecule has 0 atom stereocenters. The standard InChI is InChI=1S/C18H25N5O3/c1-2-20-6-10-22(11-7-20)17(25)15-4-3-5-16(19-15)18(26)23-12-8-21(14-24)9-13-23/h3-5,14H,2,6-13H2,1H3. The van der Waals surface area contributed by atoms with Crippen LogP contribution in [0, 0.1) is 0 Å². The molecule has 0 N–H and O–H groups in total. The summed E-state index contributed by atoms with van der Waals surface area (Å²) in [6.45, 7) is 8.20. The molecule has 1 aromatic heterocycles. The fourth-order valence-corrected chi connectivity index (χ4v) is 3.29. The quantitative estimate of drug-likeness (QED) is 0.695. The molecule has 3 heterocycles. The maximum atomic E-state index is 12.7. The zero-order chi connectivity index (χ0) is 18.5. The molecular weight excluding hydrogens is 334 g/mol. The van der Waals surface area contributed by atoms with Crippen molar-refractivity contribution in [3.8, 4) is 0 Å². The SMILES string of the molecule is CCN1CCN(C(=O)c2cccc(C(=O)N3CCN(C=O)CC3)n2)CC1. The van der Waals surface area contributed by atoms with Crippen LogP contribution < -0.4 is 0 Å². The number of likely N-dealkylation sites (N-methyl/N-ethyl adjacent to an activating group) is 1. The van der Waals surface area contributed by atoms with Crippen molar-refractivity contribution in [2.45, 2.75) is 6.92 Å². The molecule has 8 heteroatoms. The average molecular weight is 359 g/mol. The second kappa shape index (κ2) is 8.27. The maximum absolute atomic E-state index is 12.7. The number of amides is 3. The lowest BCUT2D eigenvalue weighted by molar-refractivity contribution is -0.119. The molecule has 0 spiro atoms. The number of aromatic nitrogens is 1. The number of nitrogens with zero attached hydrogens (tertiary/aromatic N) is 5. The lowest BCUT2D eigenvalue weighted by atomic mass is 10.2. The number of hydrogen-bond donors (Lipinski definition) is 0. The van der Waals surface area contributed by atoms with E-state index >= 15 is 0 Å². The monoisotopic (exact) mass is 359 g/mol. The van der Waals surface area contributed by atoms with Gasteiger partial charge in [0.05, 0.1) is 0 Å². The molecule has 2 saturated heterocycles. The predicted molar refractivity (Wildman–Crippen MR) is 95.8 cm³/mol. The lowest BCUT2D eigenvalue weighted by Crippen LogP contribution is -2.49. The van der Waals surface area contributed by atoms with Crippen LogP contribution >= 0.6 is 0 Å². The highest BCUT2D eigenvalue weighted by molar-refractivity contribution is 5.96. The summed E-state index contributed by atoms with van der Waals surface area (Å²) >= 11 is 0. The van der Waals surface area contributed by atoms with Crippen molar-refractivity contribution in [2.75, 3.05) is 58.9 Å². The van der Waals surface area contributed by atoms with Crippen molar-refractivity contribution < 1.29 is 14.4 Å². The van der Waals surface area contributed by atoms with Crippen molar-refractivity contribution in [1.29, 1.82) is 0 Å². The Bertz CT molecular complexity index is 665. The topological polar surface area (TPSA) is 77.1 Å². The summed E-state index contributed by atoms with van der Waals surface area (Å²) in [5.41, 5.74) is 0.593. The summed E-state index contributed by atoms with van der Waals surface area (Å²) in [4.78, 5) is 47.9. The van der Waals surface area contributed by atoms with E-state index in [0.29, 0.717) is 45.0 Å². The Balaban J connectivity index is 1.65. The molecule has 0 bridgehead atoms. The van der Waals surface area contributed by atoms with Gasteiger partial charge < -0.3 is 19.6 Å². The molecule has 0 saturated carbocycles. The van der Waals surface area contributed by atoms with Gasteiger partial charge in [-0.25, -0.2) is 4.98 Å². The molecule has 140 valence electrons. The van der Waals surface area contributed by atoms with E-state index in [1.165, 1.54) is 0 Å². The lowest BCUT2D eigenvalue weighted by Gasteiger charge is -2.34. The predicted octanol–water partition coefficient (Wildman–Crippen LogP) is -0.226. The van der Waals surface area contributed by atoms with E-state index in [-0.39, 0.29) is 17.5 Å². The van der Waals surface area contributed by atoms with Crippen LogP contribution in [0.5, 0.6) is 0 Å². The summed E-state index contributed by atoms with van der Waals surface area (Å²) in [6, 6.07) is 5.01. The zero-order valence-corrected chi connectivity index (χ0v) is 15.1. The number of rotatable bonds is 4. The number of piperazine rings is 2. The van der Waals surface area contributed by atoms with Crippen LogP contribution in [0.3, 0.4) is 0 Å². The Morgan fingerprint density at radius 2 is 1.42 bits per heavy atom. The van der Waals surface area contributed by atoms with Crippen LogP contribution in [0.25, 0.3) is 0 Å². The first-order valence-electron chi connectivity index (χ1n) is 9.09. The maximum Gasteiger partial charge on any atom is 0.272 e. The number of carbonyl (C=O) groups is 3. The first kappa shape index (κ1) is 18.3. The van der Waals surface area contributed by atoms with Crippen molar-refractivity contribution >= 4 is 18.2 Å². The Kier molecular flexibility index (Phi) is 5.82. The highest BCUT2D eigenvalue weighted by Gasteiger charge is 2.25. The fraction of sp³-hybridized carbons (Fsp3) is 0.556. The molecule has 2 aliphatic heterocycles. The van der Waals surface area contributed by atoms with Gasteiger partial charge in [0.2, 0.25) is 6.41 Å². The summed E-state index contributed by atoms with van der Waals surface area (Å²) in [5, 5.41) is 0. The molecule has 0 aromatic carbocycles. The van der Waals surface area contributed by atoms with Gasteiger partial charge in [-0.2, -0.15) is 0 Å². The van der Waals surface area contributed by atoms with Gasteiger partial charge in [0, 0.05) is 52.4 Å². The minimum atomic E-state index is -0.194. The zero-order valence-electron chi connectivity index (χ0n) is 15.1. The molecule has 0 unspecified atom stereocenters. The van der Waals surface area contributed by atoms with Gasteiger partial charge in [0.25, 0.3) is 11.8 Å². The van der Waals surface area contributed by atoms with E-state index in [1.807, 2.05) is 0 Å². The van der Waals surface area contributed by atoms with Gasteiger partial charge in [-0.05, 0) is 18.7 Å². The number of hydrogen-bond acceptors (Lipinski definition) is 5. The van der Waals surface area contributed by atoms with E-state index in [9.17, 15) is 14.4 Å². The largest absolute Gasteiger partial charge is 0.342 e. The Labute approximate surface area is 153 Å². The molecule has 3 amide bonds. The van der Waals surface area contributed by atoms with Gasteiger partial charge in [0.1, 0.15) is 11.4 Å². The smallest absolute Gasteiger partial charge is 0.272 e. The fourth-order valence-electron chi connectivity index (χ4n) is 3.29. The third kappa shape index (κ3) is 4.01. The highest BCUT2D eigenvalue weighted by Crippen LogP contribution is 2.11. The minimum Gasteiger partial charge on any atom is -0.342 e. The molecule has 2 fully saturated rings. The summed E-state index contributed by atoms with van der Waals surface area (Å²) in [5.74, 6) is -0.317. The second-order valence-electron chi connectivity index (χ2n) is 6.57. The Morgan fingerprint density at radius 3 is 1.88 bits per heavy atom. The molecule has 2 aliphatic rings. The first-order chi connectivity index (χ1) is 12.6. The van der Waals surface area contributed by atoms with E-state index in [4.69, 9.17) is 0 Å². The van der Waals surface area contributed by atoms with Crippen LogP contribution in [-0.4, -0.2) is 102 Å². The van der Waals surface area contributed by atoms with Crippen LogP contribution in [0.2, 0.25) is 0 Å². The Hall–Kier alpha value is -2.48. The minimum absolute atomic E-state index is 0.124. The van der Waals surface area contributed by atoms with Crippen LogP contribution in [0.15, 0.2) is 18.2 Å². The molecule has 1 aromatic rings. The van der Waals surface area contributed by atoms with Crippen molar-refractivity contribution in [2.24, 2.45) is 0 Å². The number of carbonyl (C=O) groups excluding carboxylic acids is 3. The second-order valence-corrected chi connectivity index (χ2v) is 6.57. The van der Waals surface area contributed by atoms with Crippen molar-refractivity contribution in [3.05, 3.63) is 29.6 Å². The van der Waals surface area contributed by atoms with Crippen LogP contribution in [-0.2, 0) is 4.79 Å². The third-order valence-corrected chi connectivity index (χ3v) is 5.04. The summed E-state index contributed by atoms with van der Waals surface area (Å²) in [7, 11) is 0.